The molecule has 0 amide bonds. The first-order valence-corrected chi connectivity index (χ1v) is 5.57. The van der Waals surface area contributed by atoms with Crippen LogP contribution in [-0.2, 0) is 12.6 Å². The summed E-state index contributed by atoms with van der Waals surface area (Å²) in [6, 6.07) is 2.61. The highest BCUT2D eigenvalue weighted by molar-refractivity contribution is 5.27. The molecule has 0 unspecified atom stereocenters. The van der Waals surface area contributed by atoms with E-state index in [0.29, 0.717) is 31.0 Å². The SMILES string of the molecule is C/C=C(\CN)CCc1cc(F)cc(C(F)(F)F)c1. The molecule has 0 radical (unpaired) electrons. The van der Waals surface area contributed by atoms with Gasteiger partial charge in [-0.3, -0.25) is 0 Å². The van der Waals surface area contributed by atoms with Crippen molar-refractivity contribution in [3.05, 3.63) is 46.8 Å². The van der Waals surface area contributed by atoms with Gasteiger partial charge in [0.05, 0.1) is 5.56 Å². The third-order valence-corrected chi connectivity index (χ3v) is 2.69. The number of hydrogen-bond acceptors (Lipinski definition) is 1. The normalized spacial score (nSPS) is 12.9. The van der Waals surface area contributed by atoms with Crippen molar-refractivity contribution < 1.29 is 17.6 Å². The van der Waals surface area contributed by atoms with Gasteiger partial charge >= 0.3 is 6.18 Å². The maximum atomic E-state index is 13.1. The van der Waals surface area contributed by atoms with Gasteiger partial charge in [0.2, 0.25) is 0 Å². The highest BCUT2D eigenvalue weighted by Crippen LogP contribution is 2.30. The van der Waals surface area contributed by atoms with E-state index in [-0.39, 0.29) is 0 Å². The van der Waals surface area contributed by atoms with Crippen molar-refractivity contribution in [2.24, 2.45) is 5.73 Å². The van der Waals surface area contributed by atoms with E-state index in [4.69, 9.17) is 5.73 Å². The quantitative estimate of drug-likeness (QED) is 0.649. The van der Waals surface area contributed by atoms with Gasteiger partial charge in [0.25, 0.3) is 0 Å². The van der Waals surface area contributed by atoms with Crippen molar-refractivity contribution in [3.63, 3.8) is 0 Å². The summed E-state index contributed by atoms with van der Waals surface area (Å²) in [4.78, 5) is 0. The summed E-state index contributed by atoms with van der Waals surface area (Å²) >= 11 is 0. The van der Waals surface area contributed by atoms with Crippen molar-refractivity contribution in [2.45, 2.75) is 25.9 Å². The fourth-order valence-corrected chi connectivity index (χ4v) is 1.63. The van der Waals surface area contributed by atoms with Gasteiger partial charge in [-0.1, -0.05) is 11.6 Å². The zero-order valence-corrected chi connectivity index (χ0v) is 10.0. The molecule has 0 spiro atoms. The van der Waals surface area contributed by atoms with E-state index >= 15 is 0 Å². The summed E-state index contributed by atoms with van der Waals surface area (Å²) in [5.74, 6) is -0.866. The molecule has 0 aliphatic heterocycles. The standard InChI is InChI=1S/C13H15F4N/c1-2-9(8-18)3-4-10-5-11(13(15,16)17)7-12(14)6-10/h2,5-7H,3-4,8,18H2,1H3/b9-2-. The minimum absolute atomic E-state index is 0.329. The number of hydrogen-bond donors (Lipinski definition) is 1. The average Bonchev–Trinajstić information content (AvgIpc) is 2.28. The summed E-state index contributed by atoms with van der Waals surface area (Å²) in [7, 11) is 0. The van der Waals surface area contributed by atoms with Gasteiger partial charge in [-0.15, -0.1) is 0 Å². The van der Waals surface area contributed by atoms with Crippen LogP contribution in [0.25, 0.3) is 0 Å². The molecule has 2 N–H and O–H groups in total. The summed E-state index contributed by atoms with van der Waals surface area (Å²) in [5.41, 5.74) is 5.77. The summed E-state index contributed by atoms with van der Waals surface area (Å²) < 4.78 is 50.5. The predicted octanol–water partition coefficient (Wildman–Crippen LogP) is 3.68. The Morgan fingerprint density at radius 3 is 2.44 bits per heavy atom. The summed E-state index contributed by atoms with van der Waals surface area (Å²) in [5, 5.41) is 0. The molecule has 0 fully saturated rings. The minimum atomic E-state index is -4.52. The highest BCUT2D eigenvalue weighted by atomic mass is 19.4. The summed E-state index contributed by atoms with van der Waals surface area (Å²) in [6.45, 7) is 2.17. The molecule has 1 rings (SSSR count). The molecule has 1 aromatic carbocycles. The number of alkyl halides is 3. The van der Waals surface area contributed by atoms with Crippen LogP contribution in [0.2, 0.25) is 0 Å². The molecular formula is C13H15F4N. The Balaban J connectivity index is 2.87. The molecule has 0 heterocycles. The molecule has 0 bridgehead atoms. The summed E-state index contributed by atoms with van der Waals surface area (Å²) in [6.07, 6.45) is -1.82. The Hall–Kier alpha value is -1.36. The maximum Gasteiger partial charge on any atom is 0.416 e. The van der Waals surface area contributed by atoms with Crippen LogP contribution in [0.15, 0.2) is 29.8 Å². The second-order valence-electron chi connectivity index (χ2n) is 4.00. The molecule has 0 saturated carbocycles. The van der Waals surface area contributed by atoms with Crippen LogP contribution in [0, 0.1) is 5.82 Å². The second kappa shape index (κ2) is 6.00. The molecule has 0 saturated heterocycles. The molecule has 0 atom stereocenters. The van der Waals surface area contributed by atoms with Gasteiger partial charge in [-0.25, -0.2) is 4.39 Å². The predicted molar refractivity (Wildman–Crippen MR) is 62.5 cm³/mol. The molecule has 1 aromatic rings. The first kappa shape index (κ1) is 14.7. The van der Waals surface area contributed by atoms with Gasteiger partial charge in [0, 0.05) is 6.54 Å². The van der Waals surface area contributed by atoms with Crippen LogP contribution >= 0.6 is 0 Å². The van der Waals surface area contributed by atoms with Crippen molar-refractivity contribution in [2.75, 3.05) is 6.54 Å². The Morgan fingerprint density at radius 2 is 1.94 bits per heavy atom. The monoisotopic (exact) mass is 261 g/mol. The minimum Gasteiger partial charge on any atom is -0.327 e. The number of nitrogens with two attached hydrogens (primary N) is 1. The molecule has 0 aromatic heterocycles. The topological polar surface area (TPSA) is 26.0 Å². The van der Waals surface area contributed by atoms with Gasteiger partial charge < -0.3 is 5.73 Å². The van der Waals surface area contributed by atoms with E-state index in [1.165, 1.54) is 0 Å². The zero-order chi connectivity index (χ0) is 13.8. The number of allylic oxidation sites excluding steroid dienone is 1. The van der Waals surface area contributed by atoms with E-state index in [2.05, 4.69) is 0 Å². The van der Waals surface area contributed by atoms with Crippen LogP contribution in [-0.4, -0.2) is 6.54 Å². The smallest absolute Gasteiger partial charge is 0.327 e. The molecule has 0 aliphatic carbocycles. The molecular weight excluding hydrogens is 246 g/mol. The Bertz CT molecular complexity index is 435. The third-order valence-electron chi connectivity index (χ3n) is 2.69. The lowest BCUT2D eigenvalue weighted by molar-refractivity contribution is -0.137. The van der Waals surface area contributed by atoms with Crippen LogP contribution in [0.5, 0.6) is 0 Å². The number of benzene rings is 1. The van der Waals surface area contributed by atoms with E-state index in [9.17, 15) is 17.6 Å². The number of aryl methyl sites for hydroxylation is 1. The molecule has 100 valence electrons. The van der Waals surface area contributed by atoms with Crippen molar-refractivity contribution >= 4 is 0 Å². The van der Waals surface area contributed by atoms with Gasteiger partial charge in [0.15, 0.2) is 0 Å². The maximum absolute atomic E-state index is 13.1. The number of rotatable bonds is 4. The average molecular weight is 261 g/mol. The molecule has 18 heavy (non-hydrogen) atoms. The first-order chi connectivity index (χ1) is 8.36. The van der Waals surface area contributed by atoms with E-state index in [0.717, 1.165) is 17.7 Å². The fraction of sp³-hybridized carbons (Fsp3) is 0.385. The van der Waals surface area contributed by atoms with E-state index in [1.54, 1.807) is 0 Å². The van der Waals surface area contributed by atoms with Gasteiger partial charge in [0.1, 0.15) is 5.82 Å². The lowest BCUT2D eigenvalue weighted by Gasteiger charge is -2.10. The fourth-order valence-electron chi connectivity index (χ4n) is 1.63. The second-order valence-corrected chi connectivity index (χ2v) is 4.00. The van der Waals surface area contributed by atoms with Gasteiger partial charge in [-0.05, 0) is 43.5 Å². The Kier molecular flexibility index (Phi) is 4.90. The van der Waals surface area contributed by atoms with Crippen LogP contribution < -0.4 is 5.73 Å². The van der Waals surface area contributed by atoms with Crippen LogP contribution in [0.1, 0.15) is 24.5 Å². The van der Waals surface area contributed by atoms with Crippen molar-refractivity contribution in [3.8, 4) is 0 Å². The first-order valence-electron chi connectivity index (χ1n) is 5.57. The zero-order valence-electron chi connectivity index (χ0n) is 10.0. The van der Waals surface area contributed by atoms with E-state index < -0.39 is 17.6 Å². The Morgan fingerprint density at radius 1 is 1.28 bits per heavy atom. The lowest BCUT2D eigenvalue weighted by Crippen LogP contribution is -2.07. The Labute approximate surface area is 103 Å². The number of halogens is 4. The molecule has 5 heteroatoms. The van der Waals surface area contributed by atoms with Crippen LogP contribution in [0.3, 0.4) is 0 Å². The molecule has 0 aliphatic rings. The van der Waals surface area contributed by atoms with Crippen molar-refractivity contribution in [1.82, 2.24) is 0 Å². The van der Waals surface area contributed by atoms with Crippen LogP contribution in [0.4, 0.5) is 17.6 Å². The molecule has 1 nitrogen and oxygen atoms in total. The van der Waals surface area contributed by atoms with Gasteiger partial charge in [-0.2, -0.15) is 13.2 Å². The van der Waals surface area contributed by atoms with E-state index in [1.807, 2.05) is 13.0 Å². The highest BCUT2D eigenvalue weighted by Gasteiger charge is 2.31. The largest absolute Gasteiger partial charge is 0.416 e. The third kappa shape index (κ3) is 4.14. The van der Waals surface area contributed by atoms with Crippen molar-refractivity contribution in [1.29, 1.82) is 0 Å². The lowest BCUT2D eigenvalue weighted by atomic mass is 10.0.